The fourth-order valence-electron chi connectivity index (χ4n) is 2.81. The number of carbonyl (C=O) groups is 1. The molecule has 100 valence electrons. The van der Waals surface area contributed by atoms with E-state index in [1.165, 1.54) is 19.3 Å². The van der Waals surface area contributed by atoms with Gasteiger partial charge in [0.05, 0.1) is 12.1 Å². The van der Waals surface area contributed by atoms with Gasteiger partial charge in [-0.1, -0.05) is 47.0 Å². The Morgan fingerprint density at radius 3 is 2.47 bits per heavy atom. The third-order valence-corrected chi connectivity index (χ3v) is 3.72. The predicted octanol–water partition coefficient (Wildman–Crippen LogP) is 3.40. The largest absolute Gasteiger partial charge is 0.333 e. The van der Waals surface area contributed by atoms with E-state index in [9.17, 15) is 4.79 Å². The quantitative estimate of drug-likeness (QED) is 0.680. The molecule has 17 heavy (non-hydrogen) atoms. The molecule has 2 unspecified atom stereocenters. The molecule has 1 aliphatic heterocycles. The summed E-state index contributed by atoms with van der Waals surface area (Å²) in [5, 5.41) is 3.11. The van der Waals surface area contributed by atoms with Crippen LogP contribution in [0.1, 0.15) is 59.8 Å². The molecular formula is C14H28N2O. The summed E-state index contributed by atoms with van der Waals surface area (Å²) in [5.41, 5.74) is 0. The third-order valence-electron chi connectivity index (χ3n) is 3.72. The fourth-order valence-corrected chi connectivity index (χ4v) is 2.81. The minimum atomic E-state index is 0.145. The van der Waals surface area contributed by atoms with Crippen LogP contribution in [-0.2, 0) is 0 Å². The highest BCUT2D eigenvalue weighted by Crippen LogP contribution is 2.23. The summed E-state index contributed by atoms with van der Waals surface area (Å²) in [6, 6.07) is 0.870. The van der Waals surface area contributed by atoms with Gasteiger partial charge in [-0.15, -0.1) is 0 Å². The maximum Gasteiger partial charge on any atom is 0.318 e. The molecule has 0 spiro atoms. The number of carbonyl (C=O) groups excluding carboxylic acids is 1. The van der Waals surface area contributed by atoms with E-state index < -0.39 is 0 Å². The highest BCUT2D eigenvalue weighted by Gasteiger charge is 2.39. The topological polar surface area (TPSA) is 32.3 Å². The van der Waals surface area contributed by atoms with Gasteiger partial charge in [0.15, 0.2) is 0 Å². The monoisotopic (exact) mass is 240 g/mol. The summed E-state index contributed by atoms with van der Waals surface area (Å²) in [5.74, 6) is 0.532. The van der Waals surface area contributed by atoms with Gasteiger partial charge in [0, 0.05) is 6.54 Å². The Kier molecular flexibility index (Phi) is 5.79. The van der Waals surface area contributed by atoms with Crippen molar-refractivity contribution in [2.24, 2.45) is 5.92 Å². The lowest BCUT2D eigenvalue weighted by molar-refractivity contribution is 0.181. The van der Waals surface area contributed by atoms with Crippen LogP contribution in [0.2, 0.25) is 0 Å². The van der Waals surface area contributed by atoms with E-state index in [0.29, 0.717) is 18.0 Å². The van der Waals surface area contributed by atoms with E-state index in [2.05, 4.69) is 37.9 Å². The minimum Gasteiger partial charge on any atom is -0.333 e. The number of unbranched alkanes of at least 4 members (excludes halogenated alkanes) is 3. The van der Waals surface area contributed by atoms with Crippen molar-refractivity contribution in [2.45, 2.75) is 71.9 Å². The van der Waals surface area contributed by atoms with Crippen molar-refractivity contribution in [3.8, 4) is 0 Å². The van der Waals surface area contributed by atoms with Crippen molar-refractivity contribution in [2.75, 3.05) is 6.54 Å². The Labute approximate surface area is 106 Å². The van der Waals surface area contributed by atoms with Gasteiger partial charge in [-0.05, 0) is 18.8 Å². The first-order valence-corrected chi connectivity index (χ1v) is 7.18. The first-order valence-electron chi connectivity index (χ1n) is 7.18. The summed E-state index contributed by atoms with van der Waals surface area (Å²) < 4.78 is 0. The molecule has 1 saturated heterocycles. The highest BCUT2D eigenvalue weighted by atomic mass is 16.2. The van der Waals surface area contributed by atoms with Crippen LogP contribution in [0.15, 0.2) is 0 Å². The maximum absolute atomic E-state index is 11.9. The lowest BCUT2D eigenvalue weighted by Crippen LogP contribution is -2.41. The highest BCUT2D eigenvalue weighted by molar-refractivity contribution is 5.77. The van der Waals surface area contributed by atoms with Crippen LogP contribution in [0.25, 0.3) is 0 Å². The molecule has 1 aliphatic rings. The van der Waals surface area contributed by atoms with Gasteiger partial charge in [0.2, 0.25) is 0 Å². The molecule has 0 aromatic carbocycles. The molecular weight excluding hydrogens is 212 g/mol. The van der Waals surface area contributed by atoms with Crippen LogP contribution in [0, 0.1) is 5.92 Å². The summed E-state index contributed by atoms with van der Waals surface area (Å²) in [6.07, 6.45) is 5.93. The van der Waals surface area contributed by atoms with E-state index in [1.54, 1.807) is 0 Å². The van der Waals surface area contributed by atoms with Gasteiger partial charge >= 0.3 is 6.03 Å². The van der Waals surface area contributed by atoms with Crippen LogP contribution < -0.4 is 5.32 Å². The van der Waals surface area contributed by atoms with Gasteiger partial charge in [-0.25, -0.2) is 4.79 Å². The molecule has 3 heteroatoms. The van der Waals surface area contributed by atoms with Gasteiger partial charge in [-0.2, -0.15) is 0 Å². The zero-order valence-electron chi connectivity index (χ0n) is 11.8. The lowest BCUT2D eigenvalue weighted by atomic mass is 9.95. The number of rotatable bonds is 7. The Morgan fingerprint density at radius 1 is 1.24 bits per heavy atom. The van der Waals surface area contributed by atoms with Crippen LogP contribution in [0.5, 0.6) is 0 Å². The average molecular weight is 240 g/mol. The van der Waals surface area contributed by atoms with E-state index >= 15 is 0 Å². The molecule has 1 heterocycles. The number of nitrogens with zero attached hydrogens (tertiary/aromatic N) is 1. The summed E-state index contributed by atoms with van der Waals surface area (Å²) in [4.78, 5) is 14.0. The Balaban J connectivity index is 2.52. The second-order valence-electron chi connectivity index (χ2n) is 5.45. The number of nitrogens with one attached hydrogen (secondary N) is 1. The SMILES string of the molecule is CCCCCCN1C(=O)NC(CC)C1C(C)C. The molecule has 1 rings (SSSR count). The molecule has 3 nitrogen and oxygen atoms in total. The summed E-state index contributed by atoms with van der Waals surface area (Å²) >= 11 is 0. The van der Waals surface area contributed by atoms with Crippen LogP contribution in [0.3, 0.4) is 0 Å². The van der Waals surface area contributed by atoms with Crippen molar-refractivity contribution >= 4 is 6.03 Å². The Morgan fingerprint density at radius 2 is 1.94 bits per heavy atom. The molecule has 0 aliphatic carbocycles. The molecule has 0 radical (unpaired) electrons. The first kappa shape index (κ1) is 14.3. The molecule has 2 atom stereocenters. The van der Waals surface area contributed by atoms with E-state index in [1.807, 2.05) is 0 Å². The standard InChI is InChI=1S/C14H28N2O/c1-5-7-8-9-10-16-13(11(3)4)12(6-2)15-14(16)17/h11-13H,5-10H2,1-4H3,(H,15,17). The lowest BCUT2D eigenvalue weighted by Gasteiger charge is -2.29. The minimum absolute atomic E-state index is 0.145. The normalized spacial score (nSPS) is 24.5. The van der Waals surface area contributed by atoms with Crippen molar-refractivity contribution in [3.05, 3.63) is 0 Å². The molecule has 2 amide bonds. The predicted molar refractivity (Wildman–Crippen MR) is 72.1 cm³/mol. The van der Waals surface area contributed by atoms with Crippen molar-refractivity contribution in [3.63, 3.8) is 0 Å². The van der Waals surface area contributed by atoms with Crippen molar-refractivity contribution < 1.29 is 4.79 Å². The van der Waals surface area contributed by atoms with Crippen LogP contribution in [0.4, 0.5) is 4.79 Å². The van der Waals surface area contributed by atoms with E-state index in [0.717, 1.165) is 19.4 Å². The molecule has 0 bridgehead atoms. The van der Waals surface area contributed by atoms with Crippen LogP contribution >= 0.6 is 0 Å². The fraction of sp³-hybridized carbons (Fsp3) is 0.929. The van der Waals surface area contributed by atoms with Crippen molar-refractivity contribution in [1.82, 2.24) is 10.2 Å². The molecule has 0 aromatic rings. The average Bonchev–Trinajstić information content (AvgIpc) is 2.61. The zero-order valence-corrected chi connectivity index (χ0v) is 11.8. The third kappa shape index (κ3) is 3.62. The Hall–Kier alpha value is -0.730. The second kappa shape index (κ2) is 6.87. The van der Waals surface area contributed by atoms with E-state index in [-0.39, 0.29) is 6.03 Å². The van der Waals surface area contributed by atoms with Gasteiger partial charge in [0.25, 0.3) is 0 Å². The molecule has 1 N–H and O–H groups in total. The molecule has 0 saturated carbocycles. The number of urea groups is 1. The van der Waals surface area contributed by atoms with Gasteiger partial charge in [0.1, 0.15) is 0 Å². The Bertz CT molecular complexity index is 240. The summed E-state index contributed by atoms with van der Waals surface area (Å²) in [7, 11) is 0. The van der Waals surface area contributed by atoms with Crippen LogP contribution in [-0.4, -0.2) is 29.6 Å². The smallest absolute Gasteiger partial charge is 0.318 e. The number of hydrogen-bond donors (Lipinski definition) is 1. The summed E-state index contributed by atoms with van der Waals surface area (Å²) in [6.45, 7) is 9.72. The number of amides is 2. The second-order valence-corrected chi connectivity index (χ2v) is 5.45. The molecule has 0 aromatic heterocycles. The van der Waals surface area contributed by atoms with E-state index in [4.69, 9.17) is 0 Å². The maximum atomic E-state index is 11.9. The first-order chi connectivity index (χ1) is 8.11. The van der Waals surface area contributed by atoms with Crippen molar-refractivity contribution in [1.29, 1.82) is 0 Å². The van der Waals surface area contributed by atoms with Gasteiger partial charge in [-0.3, -0.25) is 0 Å². The van der Waals surface area contributed by atoms with Gasteiger partial charge < -0.3 is 10.2 Å². The molecule has 1 fully saturated rings. The zero-order chi connectivity index (χ0) is 12.8. The number of hydrogen-bond acceptors (Lipinski definition) is 1.